The van der Waals surface area contributed by atoms with Gasteiger partial charge in [-0.15, -0.1) is 0 Å². The Bertz CT molecular complexity index is 417. The third-order valence-corrected chi connectivity index (χ3v) is 2.05. The molecule has 0 fully saturated rings. The standard InChI is InChI=1S/C11H11N3/c12-8-4-3-5-9(13)11(8)10-6-1-2-7-14-10/h1-7H,12-13H2. The molecule has 0 amide bonds. The Hall–Kier alpha value is -2.03. The molecule has 1 heterocycles. The van der Waals surface area contributed by atoms with Crippen LogP contribution in [0, 0.1) is 0 Å². The van der Waals surface area contributed by atoms with E-state index in [1.807, 2.05) is 36.4 Å². The molecule has 0 spiro atoms. The summed E-state index contributed by atoms with van der Waals surface area (Å²) in [6.07, 6.45) is 1.72. The number of rotatable bonds is 1. The number of pyridine rings is 1. The van der Waals surface area contributed by atoms with Crippen molar-refractivity contribution in [1.82, 2.24) is 4.98 Å². The van der Waals surface area contributed by atoms with Crippen molar-refractivity contribution < 1.29 is 0 Å². The van der Waals surface area contributed by atoms with Crippen LogP contribution in [0.2, 0.25) is 0 Å². The van der Waals surface area contributed by atoms with E-state index in [4.69, 9.17) is 11.5 Å². The smallest absolute Gasteiger partial charge is 0.0743 e. The number of hydrogen-bond donors (Lipinski definition) is 2. The first kappa shape index (κ1) is 8.56. The number of benzene rings is 1. The van der Waals surface area contributed by atoms with E-state index in [0.29, 0.717) is 11.4 Å². The summed E-state index contributed by atoms with van der Waals surface area (Å²) in [4.78, 5) is 4.21. The maximum absolute atomic E-state index is 5.83. The molecule has 0 aliphatic heterocycles. The molecule has 3 nitrogen and oxygen atoms in total. The van der Waals surface area contributed by atoms with Crippen molar-refractivity contribution >= 4 is 11.4 Å². The molecule has 0 saturated carbocycles. The van der Waals surface area contributed by atoms with E-state index in [1.165, 1.54) is 0 Å². The maximum atomic E-state index is 5.83. The maximum Gasteiger partial charge on any atom is 0.0743 e. The van der Waals surface area contributed by atoms with Gasteiger partial charge in [-0.1, -0.05) is 12.1 Å². The van der Waals surface area contributed by atoms with Gasteiger partial charge in [0.25, 0.3) is 0 Å². The molecule has 0 saturated heterocycles. The van der Waals surface area contributed by atoms with Crippen LogP contribution < -0.4 is 11.5 Å². The lowest BCUT2D eigenvalue weighted by Gasteiger charge is -2.07. The lowest BCUT2D eigenvalue weighted by Crippen LogP contribution is -1.96. The van der Waals surface area contributed by atoms with Crippen LogP contribution in [0.1, 0.15) is 0 Å². The largest absolute Gasteiger partial charge is 0.398 e. The molecule has 1 aromatic carbocycles. The minimum absolute atomic E-state index is 0.656. The van der Waals surface area contributed by atoms with Crippen molar-refractivity contribution in [1.29, 1.82) is 0 Å². The molecule has 2 rings (SSSR count). The fourth-order valence-electron chi connectivity index (χ4n) is 1.40. The van der Waals surface area contributed by atoms with Gasteiger partial charge in [-0.2, -0.15) is 0 Å². The molecule has 2 aromatic rings. The Labute approximate surface area is 82.4 Å². The predicted molar refractivity (Wildman–Crippen MR) is 58.5 cm³/mol. The second-order valence-corrected chi connectivity index (χ2v) is 3.03. The first-order valence-electron chi connectivity index (χ1n) is 4.34. The Morgan fingerprint density at radius 3 is 2.14 bits per heavy atom. The monoisotopic (exact) mass is 185 g/mol. The number of aromatic nitrogens is 1. The Morgan fingerprint density at radius 2 is 1.57 bits per heavy atom. The second kappa shape index (κ2) is 3.38. The first-order valence-corrected chi connectivity index (χ1v) is 4.34. The molecular weight excluding hydrogens is 174 g/mol. The zero-order valence-corrected chi connectivity index (χ0v) is 7.64. The van der Waals surface area contributed by atoms with Gasteiger partial charge in [0.15, 0.2) is 0 Å². The molecule has 4 N–H and O–H groups in total. The quantitative estimate of drug-likeness (QED) is 0.667. The van der Waals surface area contributed by atoms with Gasteiger partial charge in [-0.05, 0) is 24.3 Å². The molecule has 70 valence electrons. The number of nitrogens with two attached hydrogens (primary N) is 2. The summed E-state index contributed by atoms with van der Waals surface area (Å²) >= 11 is 0. The SMILES string of the molecule is Nc1cccc(N)c1-c1ccccn1. The van der Waals surface area contributed by atoms with Crippen molar-refractivity contribution in [2.24, 2.45) is 0 Å². The van der Waals surface area contributed by atoms with Crippen LogP contribution in [0.5, 0.6) is 0 Å². The summed E-state index contributed by atoms with van der Waals surface area (Å²) in [5.41, 5.74) is 14.6. The average Bonchev–Trinajstić information content (AvgIpc) is 2.19. The zero-order chi connectivity index (χ0) is 9.97. The van der Waals surface area contributed by atoms with Crippen molar-refractivity contribution in [2.75, 3.05) is 11.5 Å². The van der Waals surface area contributed by atoms with Gasteiger partial charge in [0.05, 0.1) is 5.69 Å². The summed E-state index contributed by atoms with van der Waals surface area (Å²) in [6.45, 7) is 0. The van der Waals surface area contributed by atoms with Gasteiger partial charge in [0, 0.05) is 23.1 Å². The molecule has 0 bridgehead atoms. The topological polar surface area (TPSA) is 64.9 Å². The molecular formula is C11H11N3. The number of nitrogen functional groups attached to an aromatic ring is 2. The van der Waals surface area contributed by atoms with Crippen LogP contribution in [0.4, 0.5) is 11.4 Å². The van der Waals surface area contributed by atoms with Crippen LogP contribution in [0.3, 0.4) is 0 Å². The van der Waals surface area contributed by atoms with E-state index >= 15 is 0 Å². The highest BCUT2D eigenvalue weighted by molar-refractivity contribution is 5.84. The van der Waals surface area contributed by atoms with E-state index in [1.54, 1.807) is 6.20 Å². The van der Waals surface area contributed by atoms with Gasteiger partial charge in [0.1, 0.15) is 0 Å². The molecule has 0 unspecified atom stereocenters. The third kappa shape index (κ3) is 1.40. The van der Waals surface area contributed by atoms with E-state index in [0.717, 1.165) is 11.3 Å². The zero-order valence-electron chi connectivity index (χ0n) is 7.64. The van der Waals surface area contributed by atoms with Crippen molar-refractivity contribution in [3.63, 3.8) is 0 Å². The summed E-state index contributed by atoms with van der Waals surface area (Å²) in [6, 6.07) is 11.1. The van der Waals surface area contributed by atoms with Crippen molar-refractivity contribution in [3.05, 3.63) is 42.6 Å². The average molecular weight is 185 g/mol. The van der Waals surface area contributed by atoms with Crippen LogP contribution in [-0.2, 0) is 0 Å². The normalized spacial score (nSPS) is 10.0. The summed E-state index contributed by atoms with van der Waals surface area (Å²) in [5, 5.41) is 0. The van der Waals surface area contributed by atoms with Crippen LogP contribution in [0.25, 0.3) is 11.3 Å². The van der Waals surface area contributed by atoms with Crippen molar-refractivity contribution in [2.45, 2.75) is 0 Å². The minimum atomic E-state index is 0.656. The van der Waals surface area contributed by atoms with Crippen LogP contribution in [-0.4, -0.2) is 4.98 Å². The highest BCUT2D eigenvalue weighted by Crippen LogP contribution is 2.29. The Balaban J connectivity index is 2.63. The first-order chi connectivity index (χ1) is 6.79. The highest BCUT2D eigenvalue weighted by atomic mass is 14.7. The third-order valence-electron chi connectivity index (χ3n) is 2.05. The van der Waals surface area contributed by atoms with Gasteiger partial charge >= 0.3 is 0 Å². The predicted octanol–water partition coefficient (Wildman–Crippen LogP) is 1.91. The van der Waals surface area contributed by atoms with E-state index in [-0.39, 0.29) is 0 Å². The fraction of sp³-hybridized carbons (Fsp3) is 0. The fourth-order valence-corrected chi connectivity index (χ4v) is 1.40. The lowest BCUT2D eigenvalue weighted by molar-refractivity contribution is 1.33. The van der Waals surface area contributed by atoms with E-state index in [9.17, 15) is 0 Å². The second-order valence-electron chi connectivity index (χ2n) is 3.03. The highest BCUT2D eigenvalue weighted by Gasteiger charge is 2.06. The van der Waals surface area contributed by atoms with Gasteiger partial charge < -0.3 is 11.5 Å². The van der Waals surface area contributed by atoms with E-state index < -0.39 is 0 Å². The summed E-state index contributed by atoms with van der Waals surface area (Å²) < 4.78 is 0. The minimum Gasteiger partial charge on any atom is -0.398 e. The van der Waals surface area contributed by atoms with Crippen LogP contribution in [0.15, 0.2) is 42.6 Å². The lowest BCUT2D eigenvalue weighted by atomic mass is 10.1. The van der Waals surface area contributed by atoms with Gasteiger partial charge in [-0.25, -0.2) is 0 Å². The summed E-state index contributed by atoms with van der Waals surface area (Å²) in [5.74, 6) is 0. The molecule has 0 radical (unpaired) electrons. The Kier molecular flexibility index (Phi) is 2.07. The molecule has 0 atom stereocenters. The number of nitrogens with zero attached hydrogens (tertiary/aromatic N) is 1. The number of hydrogen-bond acceptors (Lipinski definition) is 3. The molecule has 14 heavy (non-hydrogen) atoms. The van der Waals surface area contributed by atoms with Crippen LogP contribution >= 0.6 is 0 Å². The van der Waals surface area contributed by atoms with Gasteiger partial charge in [0.2, 0.25) is 0 Å². The molecule has 0 aliphatic rings. The molecule has 3 heteroatoms. The van der Waals surface area contributed by atoms with E-state index in [2.05, 4.69) is 4.98 Å². The van der Waals surface area contributed by atoms with Crippen molar-refractivity contribution in [3.8, 4) is 11.3 Å². The van der Waals surface area contributed by atoms with Gasteiger partial charge in [-0.3, -0.25) is 4.98 Å². The molecule has 0 aliphatic carbocycles. The summed E-state index contributed by atoms with van der Waals surface area (Å²) in [7, 11) is 0. The Morgan fingerprint density at radius 1 is 0.857 bits per heavy atom. The number of anilines is 2. The molecule has 1 aromatic heterocycles.